The Morgan fingerprint density at radius 2 is 1.69 bits per heavy atom. The molecule has 0 saturated heterocycles. The van der Waals surface area contributed by atoms with Crippen molar-refractivity contribution in [1.29, 1.82) is 0 Å². The molecule has 0 aromatic rings. The van der Waals surface area contributed by atoms with Crippen LogP contribution in [0.3, 0.4) is 0 Å². The Balaban J connectivity index is 0. The maximum absolute atomic E-state index is 10.5. The largest absolute Gasteiger partial charge is 1.00 e. The van der Waals surface area contributed by atoms with E-state index >= 15 is 0 Å². The van der Waals surface area contributed by atoms with E-state index in [1.165, 1.54) is 0 Å². The van der Waals surface area contributed by atoms with Gasteiger partial charge in [-0.15, -0.1) is 0 Å². The molecule has 1 saturated carbocycles. The summed E-state index contributed by atoms with van der Waals surface area (Å²) in [5, 5.41) is 9.67. The topological polar surface area (TPSA) is 74.6 Å². The molecular weight excluding hydrogens is 203 g/mol. The van der Waals surface area contributed by atoms with Gasteiger partial charge in [0.25, 0.3) is 10.1 Å². The summed E-state index contributed by atoms with van der Waals surface area (Å²) in [7, 11) is -4.03. The van der Waals surface area contributed by atoms with E-state index in [4.69, 9.17) is 4.55 Å². The quantitative estimate of drug-likeness (QED) is 0.403. The molecule has 0 amide bonds. The van der Waals surface area contributed by atoms with Crippen molar-refractivity contribution in [2.45, 2.75) is 37.7 Å². The number of hydrogen-bond acceptors (Lipinski definition) is 3. The minimum absolute atomic E-state index is 0. The van der Waals surface area contributed by atoms with Crippen molar-refractivity contribution in [3.05, 3.63) is 0 Å². The molecular formula is C7H15NaO4S. The molecule has 0 radical (unpaired) electrons. The van der Waals surface area contributed by atoms with Crippen molar-refractivity contribution in [1.82, 2.24) is 0 Å². The van der Waals surface area contributed by atoms with Gasteiger partial charge in [-0.3, -0.25) is 4.55 Å². The Morgan fingerprint density at radius 3 is 2.08 bits per heavy atom. The van der Waals surface area contributed by atoms with Gasteiger partial charge >= 0.3 is 29.6 Å². The van der Waals surface area contributed by atoms with Gasteiger partial charge in [0.15, 0.2) is 0 Å². The van der Waals surface area contributed by atoms with Gasteiger partial charge < -0.3 is 6.53 Å². The summed E-state index contributed by atoms with van der Waals surface area (Å²) in [5.41, 5.74) is -1.17. The smallest absolute Gasteiger partial charge is 1.00 e. The zero-order valence-electron chi connectivity index (χ0n) is 8.86. The monoisotopic (exact) mass is 218 g/mol. The van der Waals surface area contributed by atoms with Crippen LogP contribution >= 0.6 is 0 Å². The van der Waals surface area contributed by atoms with Crippen LogP contribution < -0.4 is 29.6 Å². The molecule has 2 N–H and O–H groups in total. The van der Waals surface area contributed by atoms with E-state index in [1.54, 1.807) is 0 Å². The molecule has 6 heteroatoms. The fourth-order valence-corrected chi connectivity index (χ4v) is 2.66. The normalized spacial score (nSPS) is 22.0. The summed E-state index contributed by atoms with van der Waals surface area (Å²) < 4.78 is 29.5. The first kappa shape index (κ1) is 13.9. The van der Waals surface area contributed by atoms with Gasteiger partial charge in [0.1, 0.15) is 5.75 Å². The van der Waals surface area contributed by atoms with Gasteiger partial charge in [0.05, 0.1) is 5.60 Å². The number of aliphatic hydroxyl groups is 1. The Bertz CT molecular complexity index is 248. The van der Waals surface area contributed by atoms with Crippen LogP contribution in [0.5, 0.6) is 0 Å². The molecule has 0 unspecified atom stereocenters. The Labute approximate surface area is 102 Å². The predicted molar refractivity (Wildman–Crippen MR) is 45.6 cm³/mol. The van der Waals surface area contributed by atoms with Crippen molar-refractivity contribution in [2.75, 3.05) is 5.75 Å². The average Bonchev–Trinajstić information content (AvgIpc) is 1.83. The van der Waals surface area contributed by atoms with Crippen LogP contribution in [0, 0.1) is 0 Å². The molecule has 0 atom stereocenters. The van der Waals surface area contributed by atoms with Crippen LogP contribution in [0.1, 0.15) is 33.5 Å². The minimum Gasteiger partial charge on any atom is -1.00 e. The number of rotatable bonds is 2. The van der Waals surface area contributed by atoms with E-state index in [9.17, 15) is 13.5 Å². The third-order valence-corrected chi connectivity index (χ3v) is 3.14. The van der Waals surface area contributed by atoms with E-state index in [0.29, 0.717) is 12.8 Å². The van der Waals surface area contributed by atoms with E-state index in [2.05, 4.69) is 0 Å². The van der Waals surface area contributed by atoms with Crippen molar-refractivity contribution in [3.8, 4) is 0 Å². The fraction of sp³-hybridized carbons (Fsp3) is 1.00. The zero-order chi connectivity index (χ0) is 9.24. The van der Waals surface area contributed by atoms with E-state index in [-0.39, 0.29) is 31.0 Å². The van der Waals surface area contributed by atoms with Gasteiger partial charge in [0.2, 0.25) is 0 Å². The van der Waals surface area contributed by atoms with E-state index in [0.717, 1.165) is 19.3 Å². The van der Waals surface area contributed by atoms with Gasteiger partial charge in [-0.1, -0.05) is 19.3 Å². The Kier molecular flexibility index (Phi) is 5.43. The molecule has 1 rings (SSSR count). The van der Waals surface area contributed by atoms with E-state index < -0.39 is 21.5 Å². The first-order valence-corrected chi connectivity index (χ1v) is 5.70. The fourth-order valence-electron chi connectivity index (χ4n) is 1.69. The zero-order valence-corrected chi connectivity index (χ0v) is 10.7. The second-order valence-corrected chi connectivity index (χ2v) is 4.96. The van der Waals surface area contributed by atoms with Crippen molar-refractivity contribution in [3.63, 3.8) is 0 Å². The standard InChI is InChI=1S/C7H14O4S.Na.H/c8-7(6-12(9,10)11)4-2-1-3-5-7;;/h8H,1-6H2,(H,9,10,11);;/q;+1;-1. The maximum atomic E-state index is 10.5. The Hall–Kier alpha value is 0.870. The molecule has 0 bridgehead atoms. The van der Waals surface area contributed by atoms with Crippen LogP contribution in [0.15, 0.2) is 0 Å². The summed E-state index contributed by atoms with van der Waals surface area (Å²) in [6.45, 7) is 0. The molecule has 0 spiro atoms. The van der Waals surface area contributed by atoms with Crippen molar-refractivity contribution >= 4 is 10.1 Å². The van der Waals surface area contributed by atoms with Gasteiger partial charge in [-0.25, -0.2) is 0 Å². The van der Waals surface area contributed by atoms with Crippen LogP contribution in [0.4, 0.5) is 0 Å². The van der Waals surface area contributed by atoms with Crippen molar-refractivity contribution in [2.24, 2.45) is 0 Å². The van der Waals surface area contributed by atoms with Gasteiger partial charge in [0, 0.05) is 0 Å². The predicted octanol–water partition coefficient (Wildman–Crippen LogP) is -2.31. The van der Waals surface area contributed by atoms with Crippen molar-refractivity contribution < 1.29 is 49.1 Å². The minimum atomic E-state index is -4.03. The summed E-state index contributed by atoms with van der Waals surface area (Å²) >= 11 is 0. The molecule has 1 aliphatic rings. The molecule has 0 heterocycles. The SMILES string of the molecule is O=S(=O)(O)CC1(O)CCCCC1.[H-].[Na+]. The van der Waals surface area contributed by atoms with Crippen LogP contribution in [-0.4, -0.2) is 29.4 Å². The summed E-state index contributed by atoms with van der Waals surface area (Å²) in [6, 6.07) is 0. The van der Waals surface area contributed by atoms with Crippen LogP contribution in [0.25, 0.3) is 0 Å². The van der Waals surface area contributed by atoms with Crippen LogP contribution in [0.2, 0.25) is 0 Å². The second-order valence-electron chi connectivity index (χ2n) is 3.51. The average molecular weight is 218 g/mol. The van der Waals surface area contributed by atoms with E-state index in [1.807, 2.05) is 0 Å². The molecule has 74 valence electrons. The van der Waals surface area contributed by atoms with Gasteiger partial charge in [-0.05, 0) is 12.8 Å². The molecule has 13 heavy (non-hydrogen) atoms. The molecule has 0 aliphatic heterocycles. The molecule has 1 aliphatic carbocycles. The maximum Gasteiger partial charge on any atom is 1.00 e. The summed E-state index contributed by atoms with van der Waals surface area (Å²) in [6.07, 6.45) is 3.67. The van der Waals surface area contributed by atoms with Crippen LogP contribution in [-0.2, 0) is 10.1 Å². The molecule has 0 aromatic heterocycles. The second kappa shape index (κ2) is 5.09. The first-order valence-electron chi connectivity index (χ1n) is 4.09. The summed E-state index contributed by atoms with van der Waals surface area (Å²) in [4.78, 5) is 0. The molecule has 4 nitrogen and oxygen atoms in total. The van der Waals surface area contributed by atoms with Gasteiger partial charge in [-0.2, -0.15) is 8.42 Å². The summed E-state index contributed by atoms with van der Waals surface area (Å²) in [5.74, 6) is -0.514. The first-order chi connectivity index (χ1) is 5.41. The number of hydrogen-bond donors (Lipinski definition) is 2. The third kappa shape index (κ3) is 5.34. The molecule has 1 fully saturated rings. The Morgan fingerprint density at radius 1 is 1.23 bits per heavy atom. The third-order valence-electron chi connectivity index (χ3n) is 2.24. The molecule has 0 aromatic carbocycles.